The van der Waals surface area contributed by atoms with Crippen molar-refractivity contribution >= 4 is 17.3 Å². The van der Waals surface area contributed by atoms with Gasteiger partial charge in [-0.1, -0.05) is 23.7 Å². The van der Waals surface area contributed by atoms with Crippen LogP contribution in [-0.2, 0) is 4.74 Å². The minimum absolute atomic E-state index is 0.0296. The quantitative estimate of drug-likeness (QED) is 0.879. The lowest BCUT2D eigenvalue weighted by molar-refractivity contribution is -0.00910. The SMILES string of the molecule is Cc1cccc(Cl)c1NCC1CCC(C)(C)O1. The molecule has 1 aromatic rings. The Morgan fingerprint density at radius 2 is 2.24 bits per heavy atom. The lowest BCUT2D eigenvalue weighted by Gasteiger charge is -2.20. The van der Waals surface area contributed by atoms with Crippen molar-refractivity contribution in [2.24, 2.45) is 0 Å². The highest BCUT2D eigenvalue weighted by molar-refractivity contribution is 6.33. The molecule has 0 radical (unpaired) electrons. The van der Waals surface area contributed by atoms with Crippen molar-refractivity contribution < 1.29 is 4.74 Å². The molecule has 0 amide bonds. The van der Waals surface area contributed by atoms with Crippen molar-refractivity contribution in [3.05, 3.63) is 28.8 Å². The second kappa shape index (κ2) is 4.87. The molecule has 0 aliphatic carbocycles. The third kappa shape index (κ3) is 3.14. The number of rotatable bonds is 3. The topological polar surface area (TPSA) is 21.3 Å². The van der Waals surface area contributed by atoms with E-state index in [4.69, 9.17) is 16.3 Å². The Morgan fingerprint density at radius 1 is 1.47 bits per heavy atom. The Bertz CT molecular complexity index is 383. The van der Waals surface area contributed by atoms with Gasteiger partial charge < -0.3 is 10.1 Å². The van der Waals surface area contributed by atoms with Crippen molar-refractivity contribution in [3.63, 3.8) is 0 Å². The fourth-order valence-electron chi connectivity index (χ4n) is 2.29. The number of aryl methyl sites for hydroxylation is 1. The first-order chi connectivity index (χ1) is 7.98. The molecule has 1 aliphatic heterocycles. The number of halogens is 1. The molecule has 1 fully saturated rings. The molecule has 17 heavy (non-hydrogen) atoms. The monoisotopic (exact) mass is 253 g/mol. The molecule has 1 N–H and O–H groups in total. The first kappa shape index (κ1) is 12.7. The maximum absolute atomic E-state index is 6.17. The van der Waals surface area contributed by atoms with Crippen LogP contribution in [0.15, 0.2) is 18.2 Å². The standard InChI is InChI=1S/C14H20ClNO/c1-10-5-4-6-12(15)13(10)16-9-11-7-8-14(2,3)17-11/h4-6,11,16H,7-9H2,1-3H3. The number of hydrogen-bond acceptors (Lipinski definition) is 2. The summed E-state index contributed by atoms with van der Waals surface area (Å²) in [6.45, 7) is 7.18. The fraction of sp³-hybridized carbons (Fsp3) is 0.571. The Morgan fingerprint density at radius 3 is 2.82 bits per heavy atom. The van der Waals surface area contributed by atoms with Crippen molar-refractivity contribution in [1.82, 2.24) is 0 Å². The minimum Gasteiger partial charge on any atom is -0.381 e. The van der Waals surface area contributed by atoms with Crippen LogP contribution in [0, 0.1) is 6.92 Å². The zero-order chi connectivity index (χ0) is 12.5. The van der Waals surface area contributed by atoms with E-state index in [0.29, 0.717) is 6.10 Å². The molecule has 2 nitrogen and oxygen atoms in total. The summed E-state index contributed by atoms with van der Waals surface area (Å²) in [5, 5.41) is 4.18. The van der Waals surface area contributed by atoms with Gasteiger partial charge in [-0.15, -0.1) is 0 Å². The van der Waals surface area contributed by atoms with Crippen LogP contribution < -0.4 is 5.32 Å². The summed E-state index contributed by atoms with van der Waals surface area (Å²) in [4.78, 5) is 0. The number of anilines is 1. The van der Waals surface area contributed by atoms with Gasteiger partial charge in [-0.2, -0.15) is 0 Å². The Kier molecular flexibility index (Phi) is 3.64. The van der Waals surface area contributed by atoms with Gasteiger partial charge in [0.25, 0.3) is 0 Å². The smallest absolute Gasteiger partial charge is 0.0755 e. The zero-order valence-electron chi connectivity index (χ0n) is 10.7. The fourth-order valence-corrected chi connectivity index (χ4v) is 2.58. The third-order valence-electron chi connectivity index (χ3n) is 3.28. The number of hydrogen-bond donors (Lipinski definition) is 1. The zero-order valence-corrected chi connectivity index (χ0v) is 11.5. The van der Waals surface area contributed by atoms with Gasteiger partial charge in [0.1, 0.15) is 0 Å². The molecule has 2 rings (SSSR count). The van der Waals surface area contributed by atoms with Gasteiger partial charge in [0.2, 0.25) is 0 Å². The summed E-state index contributed by atoms with van der Waals surface area (Å²) < 4.78 is 5.94. The molecule has 1 aromatic carbocycles. The van der Waals surface area contributed by atoms with Gasteiger partial charge in [0.05, 0.1) is 22.4 Å². The minimum atomic E-state index is 0.0296. The van der Waals surface area contributed by atoms with Crippen LogP contribution in [0.2, 0.25) is 5.02 Å². The lowest BCUT2D eigenvalue weighted by Crippen LogP contribution is -2.25. The van der Waals surface area contributed by atoms with Gasteiger partial charge in [0, 0.05) is 6.54 Å². The maximum atomic E-state index is 6.17. The van der Waals surface area contributed by atoms with E-state index in [1.54, 1.807) is 0 Å². The lowest BCUT2D eigenvalue weighted by atomic mass is 10.1. The van der Waals surface area contributed by atoms with E-state index in [1.807, 2.05) is 12.1 Å². The normalized spacial score (nSPS) is 22.7. The molecule has 0 aromatic heterocycles. The van der Waals surface area contributed by atoms with Crippen LogP contribution in [0.5, 0.6) is 0 Å². The molecule has 1 saturated heterocycles. The summed E-state index contributed by atoms with van der Waals surface area (Å²) in [7, 11) is 0. The molecule has 94 valence electrons. The van der Waals surface area contributed by atoms with E-state index >= 15 is 0 Å². The predicted molar refractivity (Wildman–Crippen MR) is 72.9 cm³/mol. The molecule has 0 spiro atoms. The van der Waals surface area contributed by atoms with Crippen LogP contribution in [0.4, 0.5) is 5.69 Å². The molecular formula is C14H20ClNO. The van der Waals surface area contributed by atoms with Crippen molar-refractivity contribution in [1.29, 1.82) is 0 Å². The first-order valence-electron chi connectivity index (χ1n) is 6.15. The van der Waals surface area contributed by atoms with Crippen molar-refractivity contribution in [3.8, 4) is 0 Å². The maximum Gasteiger partial charge on any atom is 0.0755 e. The van der Waals surface area contributed by atoms with Gasteiger partial charge in [-0.3, -0.25) is 0 Å². The molecule has 1 aliphatic rings. The van der Waals surface area contributed by atoms with Crippen LogP contribution in [0.25, 0.3) is 0 Å². The highest BCUT2D eigenvalue weighted by atomic mass is 35.5. The number of nitrogens with one attached hydrogen (secondary N) is 1. The van der Waals surface area contributed by atoms with Crippen LogP contribution in [0.1, 0.15) is 32.3 Å². The summed E-state index contributed by atoms with van der Waals surface area (Å²) in [5.41, 5.74) is 2.24. The Labute approximate surface area is 108 Å². The van der Waals surface area contributed by atoms with E-state index in [-0.39, 0.29) is 5.60 Å². The van der Waals surface area contributed by atoms with Crippen LogP contribution >= 0.6 is 11.6 Å². The second-order valence-electron chi connectivity index (χ2n) is 5.35. The van der Waals surface area contributed by atoms with E-state index in [0.717, 1.165) is 30.1 Å². The summed E-state index contributed by atoms with van der Waals surface area (Å²) in [6.07, 6.45) is 2.53. The highest BCUT2D eigenvalue weighted by Crippen LogP contribution is 2.30. The molecule has 0 saturated carbocycles. The average molecular weight is 254 g/mol. The number of para-hydroxylation sites is 1. The summed E-state index contributed by atoms with van der Waals surface area (Å²) in [6, 6.07) is 5.95. The number of ether oxygens (including phenoxy) is 1. The predicted octanol–water partition coefficient (Wildman–Crippen LogP) is 4.02. The van der Waals surface area contributed by atoms with Gasteiger partial charge in [0.15, 0.2) is 0 Å². The Balaban J connectivity index is 1.95. The summed E-state index contributed by atoms with van der Waals surface area (Å²) >= 11 is 6.17. The Hall–Kier alpha value is -0.730. The number of benzene rings is 1. The molecular weight excluding hydrogens is 234 g/mol. The van der Waals surface area contributed by atoms with Gasteiger partial charge >= 0.3 is 0 Å². The first-order valence-corrected chi connectivity index (χ1v) is 6.52. The van der Waals surface area contributed by atoms with E-state index < -0.39 is 0 Å². The summed E-state index contributed by atoms with van der Waals surface area (Å²) in [5.74, 6) is 0. The second-order valence-corrected chi connectivity index (χ2v) is 5.76. The molecule has 1 unspecified atom stereocenters. The van der Waals surface area contributed by atoms with Crippen LogP contribution in [-0.4, -0.2) is 18.2 Å². The average Bonchev–Trinajstić information content (AvgIpc) is 2.57. The van der Waals surface area contributed by atoms with Crippen molar-refractivity contribution in [2.75, 3.05) is 11.9 Å². The molecule has 0 bridgehead atoms. The van der Waals surface area contributed by atoms with E-state index in [2.05, 4.69) is 32.2 Å². The molecule has 1 atom stereocenters. The van der Waals surface area contributed by atoms with E-state index in [9.17, 15) is 0 Å². The third-order valence-corrected chi connectivity index (χ3v) is 3.60. The van der Waals surface area contributed by atoms with Crippen molar-refractivity contribution in [2.45, 2.75) is 45.3 Å². The molecule has 3 heteroatoms. The molecule has 1 heterocycles. The van der Waals surface area contributed by atoms with Gasteiger partial charge in [-0.25, -0.2) is 0 Å². The van der Waals surface area contributed by atoms with E-state index in [1.165, 1.54) is 5.56 Å². The largest absolute Gasteiger partial charge is 0.381 e. The highest BCUT2D eigenvalue weighted by Gasteiger charge is 2.31. The van der Waals surface area contributed by atoms with Gasteiger partial charge in [-0.05, 0) is 45.2 Å². The van der Waals surface area contributed by atoms with Crippen LogP contribution in [0.3, 0.4) is 0 Å².